The average molecular weight is 225 g/mol. The van der Waals surface area contributed by atoms with Crippen LogP contribution >= 0.6 is 0 Å². The van der Waals surface area contributed by atoms with Crippen molar-refractivity contribution in [1.29, 1.82) is 0 Å². The van der Waals surface area contributed by atoms with Crippen LogP contribution in [0.1, 0.15) is 24.8 Å². The van der Waals surface area contributed by atoms with Crippen molar-refractivity contribution in [2.24, 2.45) is 7.05 Å². The van der Waals surface area contributed by atoms with Crippen molar-refractivity contribution >= 4 is 11.9 Å². The highest BCUT2D eigenvalue weighted by molar-refractivity contribution is 5.76. The fourth-order valence-electron chi connectivity index (χ4n) is 1.25. The van der Waals surface area contributed by atoms with Crippen LogP contribution in [0.5, 0.6) is 0 Å². The van der Waals surface area contributed by atoms with Crippen molar-refractivity contribution in [3.63, 3.8) is 0 Å². The van der Waals surface area contributed by atoms with Gasteiger partial charge in [0.05, 0.1) is 6.20 Å². The van der Waals surface area contributed by atoms with E-state index in [9.17, 15) is 9.59 Å². The Bertz CT molecular complexity index is 373. The zero-order valence-electron chi connectivity index (χ0n) is 9.14. The van der Waals surface area contributed by atoms with E-state index in [2.05, 4.69) is 10.4 Å². The van der Waals surface area contributed by atoms with Crippen LogP contribution < -0.4 is 5.32 Å². The van der Waals surface area contributed by atoms with Gasteiger partial charge in [-0.2, -0.15) is 5.10 Å². The van der Waals surface area contributed by atoms with Crippen LogP contribution in [0, 0.1) is 0 Å². The number of carbonyl (C=O) groups is 2. The number of hydrogen-bond donors (Lipinski definition) is 2. The molecule has 6 nitrogen and oxygen atoms in total. The summed E-state index contributed by atoms with van der Waals surface area (Å²) in [6, 6.07) is 0. The number of carboxylic acids is 1. The van der Waals surface area contributed by atoms with E-state index >= 15 is 0 Å². The summed E-state index contributed by atoms with van der Waals surface area (Å²) >= 11 is 0. The molecule has 0 aliphatic carbocycles. The van der Waals surface area contributed by atoms with Gasteiger partial charge in [-0.1, -0.05) is 0 Å². The van der Waals surface area contributed by atoms with Crippen LogP contribution in [0.3, 0.4) is 0 Å². The predicted molar refractivity (Wildman–Crippen MR) is 56.5 cm³/mol. The van der Waals surface area contributed by atoms with Crippen LogP contribution in [-0.2, 0) is 23.2 Å². The monoisotopic (exact) mass is 225 g/mol. The number of aromatic nitrogens is 2. The van der Waals surface area contributed by atoms with Crippen LogP contribution in [0.4, 0.5) is 0 Å². The highest BCUT2D eigenvalue weighted by Gasteiger charge is 2.04. The topological polar surface area (TPSA) is 84.2 Å². The number of hydrogen-bond acceptors (Lipinski definition) is 3. The van der Waals surface area contributed by atoms with Crippen molar-refractivity contribution in [2.45, 2.75) is 25.8 Å². The molecule has 0 aliphatic rings. The van der Waals surface area contributed by atoms with Gasteiger partial charge in [0.15, 0.2) is 0 Å². The summed E-state index contributed by atoms with van der Waals surface area (Å²) < 4.78 is 1.66. The van der Waals surface area contributed by atoms with Gasteiger partial charge in [0.1, 0.15) is 0 Å². The van der Waals surface area contributed by atoms with Crippen molar-refractivity contribution in [3.8, 4) is 0 Å². The second-order valence-electron chi connectivity index (χ2n) is 3.55. The number of carboxylic acid groups (broad SMARTS) is 1. The number of aliphatic carboxylic acids is 1. The van der Waals surface area contributed by atoms with Gasteiger partial charge in [-0.05, 0) is 6.42 Å². The van der Waals surface area contributed by atoms with Crippen LogP contribution in [-0.4, -0.2) is 26.8 Å². The Kier molecular flexibility index (Phi) is 4.50. The molecule has 1 amide bonds. The Morgan fingerprint density at radius 1 is 1.50 bits per heavy atom. The molecule has 0 spiro atoms. The Labute approximate surface area is 93.3 Å². The molecule has 0 atom stereocenters. The minimum absolute atomic E-state index is 0.0281. The highest BCUT2D eigenvalue weighted by Crippen LogP contribution is 1.98. The van der Waals surface area contributed by atoms with Crippen molar-refractivity contribution < 1.29 is 14.7 Å². The number of nitrogens with one attached hydrogen (secondary N) is 1. The average Bonchev–Trinajstić information content (AvgIpc) is 2.61. The minimum atomic E-state index is -0.875. The lowest BCUT2D eigenvalue weighted by Crippen LogP contribution is -2.22. The zero-order chi connectivity index (χ0) is 12.0. The smallest absolute Gasteiger partial charge is 0.303 e. The molecular formula is C10H15N3O3. The molecule has 0 bridgehead atoms. The SMILES string of the molecule is Cn1cc(CNC(=O)CCCC(=O)O)cn1. The Hall–Kier alpha value is -1.85. The molecule has 0 saturated carbocycles. The predicted octanol–water partition coefficient (Wildman–Crippen LogP) is 0.291. The molecule has 0 aliphatic heterocycles. The lowest BCUT2D eigenvalue weighted by atomic mass is 10.2. The Morgan fingerprint density at radius 3 is 2.81 bits per heavy atom. The summed E-state index contributed by atoms with van der Waals surface area (Å²) in [6.45, 7) is 0.430. The summed E-state index contributed by atoms with van der Waals surface area (Å²) in [7, 11) is 1.80. The van der Waals surface area contributed by atoms with E-state index in [0.717, 1.165) is 5.56 Å². The second kappa shape index (κ2) is 5.89. The van der Waals surface area contributed by atoms with Gasteiger partial charge >= 0.3 is 5.97 Å². The Morgan fingerprint density at radius 2 is 2.25 bits per heavy atom. The van der Waals surface area contributed by atoms with Crippen molar-refractivity contribution in [1.82, 2.24) is 15.1 Å². The van der Waals surface area contributed by atoms with Gasteiger partial charge in [0.2, 0.25) is 5.91 Å². The van der Waals surface area contributed by atoms with E-state index in [1.54, 1.807) is 17.9 Å². The Balaban J connectivity index is 2.17. The van der Waals surface area contributed by atoms with E-state index in [1.807, 2.05) is 6.20 Å². The van der Waals surface area contributed by atoms with Gasteiger partial charge in [-0.3, -0.25) is 14.3 Å². The third-order valence-corrected chi connectivity index (χ3v) is 2.04. The minimum Gasteiger partial charge on any atom is -0.481 e. The molecule has 1 aromatic rings. The highest BCUT2D eigenvalue weighted by atomic mass is 16.4. The van der Waals surface area contributed by atoms with Crippen LogP contribution in [0.2, 0.25) is 0 Å². The van der Waals surface area contributed by atoms with Crippen LogP contribution in [0.15, 0.2) is 12.4 Å². The first kappa shape index (κ1) is 12.2. The number of carbonyl (C=O) groups excluding carboxylic acids is 1. The van der Waals surface area contributed by atoms with Gasteiger partial charge in [0, 0.05) is 38.2 Å². The van der Waals surface area contributed by atoms with E-state index in [-0.39, 0.29) is 18.7 Å². The van der Waals surface area contributed by atoms with E-state index < -0.39 is 5.97 Å². The standard InChI is InChI=1S/C10H15N3O3/c1-13-7-8(6-12-13)5-11-9(14)3-2-4-10(15)16/h6-7H,2-5H2,1H3,(H,11,14)(H,15,16). The zero-order valence-corrected chi connectivity index (χ0v) is 9.14. The first-order valence-corrected chi connectivity index (χ1v) is 5.04. The largest absolute Gasteiger partial charge is 0.481 e. The van der Waals surface area contributed by atoms with E-state index in [1.165, 1.54) is 0 Å². The van der Waals surface area contributed by atoms with Gasteiger partial charge < -0.3 is 10.4 Å². The molecule has 0 fully saturated rings. The maximum absolute atomic E-state index is 11.3. The number of nitrogens with zero attached hydrogens (tertiary/aromatic N) is 2. The van der Waals surface area contributed by atoms with Crippen molar-refractivity contribution in [3.05, 3.63) is 18.0 Å². The normalized spacial score (nSPS) is 10.1. The maximum Gasteiger partial charge on any atom is 0.303 e. The van der Waals surface area contributed by atoms with Gasteiger partial charge in [-0.15, -0.1) is 0 Å². The number of rotatable bonds is 6. The fourth-order valence-corrected chi connectivity index (χ4v) is 1.25. The fraction of sp³-hybridized carbons (Fsp3) is 0.500. The number of aryl methyl sites for hydroxylation is 1. The first-order chi connectivity index (χ1) is 7.58. The molecule has 2 N–H and O–H groups in total. The van der Waals surface area contributed by atoms with E-state index in [4.69, 9.17) is 5.11 Å². The maximum atomic E-state index is 11.3. The van der Waals surface area contributed by atoms with E-state index in [0.29, 0.717) is 13.0 Å². The summed E-state index contributed by atoms with van der Waals surface area (Å²) in [5.74, 6) is -1.01. The van der Waals surface area contributed by atoms with Crippen LogP contribution in [0.25, 0.3) is 0 Å². The molecule has 1 heterocycles. The molecule has 16 heavy (non-hydrogen) atoms. The lowest BCUT2D eigenvalue weighted by Gasteiger charge is -2.02. The van der Waals surface area contributed by atoms with Gasteiger partial charge in [0.25, 0.3) is 0 Å². The molecule has 0 aromatic carbocycles. The second-order valence-corrected chi connectivity index (χ2v) is 3.55. The molecular weight excluding hydrogens is 210 g/mol. The quantitative estimate of drug-likeness (QED) is 0.728. The first-order valence-electron chi connectivity index (χ1n) is 5.04. The molecule has 6 heteroatoms. The summed E-state index contributed by atoms with van der Waals surface area (Å²) in [6.07, 6.45) is 4.14. The molecule has 0 unspecified atom stereocenters. The summed E-state index contributed by atoms with van der Waals surface area (Å²) in [5, 5.41) is 15.1. The molecule has 88 valence electrons. The molecule has 1 aromatic heterocycles. The molecule has 0 radical (unpaired) electrons. The van der Waals surface area contributed by atoms with Gasteiger partial charge in [-0.25, -0.2) is 0 Å². The molecule has 0 saturated heterocycles. The molecule has 1 rings (SSSR count). The third kappa shape index (κ3) is 4.59. The third-order valence-electron chi connectivity index (χ3n) is 2.04. The lowest BCUT2D eigenvalue weighted by molar-refractivity contribution is -0.137. The number of amides is 1. The summed E-state index contributed by atoms with van der Waals surface area (Å²) in [4.78, 5) is 21.5. The summed E-state index contributed by atoms with van der Waals surface area (Å²) in [5.41, 5.74) is 0.925. The van der Waals surface area contributed by atoms with Crippen molar-refractivity contribution in [2.75, 3.05) is 0 Å².